The monoisotopic (exact) mass is 566 g/mol. The summed E-state index contributed by atoms with van der Waals surface area (Å²) in [5.41, 5.74) is 5.65. The highest BCUT2D eigenvalue weighted by Gasteiger charge is 2.39. The average molecular weight is 567 g/mol. The smallest absolute Gasteiger partial charge is 0.412 e. The zero-order valence-electron chi connectivity index (χ0n) is 25.2. The van der Waals surface area contributed by atoms with E-state index in [1.807, 2.05) is 75.0 Å². The Hall–Kier alpha value is -4.33. The molecule has 2 aromatic carbocycles. The highest BCUT2D eigenvalue weighted by atomic mass is 16.6. The second kappa shape index (κ2) is 10.2. The molecule has 0 saturated carbocycles. The van der Waals surface area contributed by atoms with Crippen molar-refractivity contribution in [3.05, 3.63) is 65.5 Å². The number of hydrogen-bond acceptors (Lipinski definition) is 4. The molecule has 3 amide bonds. The number of rotatable bonds is 5. The number of amides is 3. The fourth-order valence-electron chi connectivity index (χ4n) is 6.44. The van der Waals surface area contributed by atoms with Crippen molar-refractivity contribution in [2.24, 2.45) is 13.0 Å². The Kier molecular flexibility index (Phi) is 6.75. The van der Waals surface area contributed by atoms with Gasteiger partial charge in [0.05, 0.1) is 16.8 Å². The standard InChI is InChI=1S/C34H38N4O4/c1-20(2)17-23-25(35-33(41)42-34(3,4)5)14-15-27-30(23)31(28-13-9-10-16-37(27)28)38-29(39)18-22(32(38)40)24-19-36(6)26-12-8-7-11-21(24)26/h7-8,11-12,14-15,18-20H,9-10,13,16-17H2,1-6H3,(H,35,41). The van der Waals surface area contributed by atoms with Crippen LogP contribution in [0.25, 0.3) is 27.4 Å². The molecule has 4 aromatic rings. The number of anilines is 2. The third-order valence-electron chi connectivity index (χ3n) is 8.04. The van der Waals surface area contributed by atoms with Crippen molar-refractivity contribution in [2.75, 3.05) is 10.2 Å². The normalized spacial score (nSPS) is 15.6. The van der Waals surface area contributed by atoms with Crippen molar-refractivity contribution in [1.82, 2.24) is 9.13 Å². The van der Waals surface area contributed by atoms with Crippen LogP contribution >= 0.6 is 0 Å². The first-order chi connectivity index (χ1) is 19.9. The number of nitrogens with zero attached hydrogens (tertiary/aromatic N) is 3. The van der Waals surface area contributed by atoms with Crippen molar-refractivity contribution < 1.29 is 19.1 Å². The van der Waals surface area contributed by atoms with E-state index in [1.54, 1.807) is 0 Å². The van der Waals surface area contributed by atoms with Crippen LogP contribution in [-0.2, 0) is 40.8 Å². The van der Waals surface area contributed by atoms with Gasteiger partial charge in [-0.25, -0.2) is 9.69 Å². The molecular formula is C34H38N4O4. The van der Waals surface area contributed by atoms with Crippen LogP contribution < -0.4 is 10.2 Å². The molecule has 0 bridgehead atoms. The fraction of sp³-hybridized carbons (Fsp3) is 0.382. The predicted molar refractivity (Wildman–Crippen MR) is 167 cm³/mol. The number of benzene rings is 2. The van der Waals surface area contributed by atoms with E-state index in [9.17, 15) is 14.4 Å². The molecule has 218 valence electrons. The van der Waals surface area contributed by atoms with E-state index >= 15 is 0 Å². The second-order valence-electron chi connectivity index (χ2n) is 12.8. The molecule has 2 aliphatic heterocycles. The van der Waals surface area contributed by atoms with Crippen LogP contribution in [0.1, 0.15) is 64.3 Å². The van der Waals surface area contributed by atoms with Gasteiger partial charge in [-0.15, -0.1) is 0 Å². The van der Waals surface area contributed by atoms with E-state index in [1.165, 1.54) is 11.0 Å². The molecule has 8 heteroatoms. The lowest BCUT2D eigenvalue weighted by molar-refractivity contribution is -0.119. The number of imide groups is 1. The van der Waals surface area contributed by atoms with E-state index in [2.05, 4.69) is 23.7 Å². The van der Waals surface area contributed by atoms with Crippen LogP contribution in [-0.4, -0.2) is 32.6 Å². The maximum Gasteiger partial charge on any atom is 0.412 e. The Balaban J connectivity index is 1.53. The Labute approximate surface area is 245 Å². The topological polar surface area (TPSA) is 85.6 Å². The lowest BCUT2D eigenvalue weighted by atomic mass is 9.96. The molecule has 0 fully saturated rings. The minimum atomic E-state index is -0.648. The second-order valence-corrected chi connectivity index (χ2v) is 12.8. The third kappa shape index (κ3) is 4.68. The fourth-order valence-corrected chi connectivity index (χ4v) is 6.44. The van der Waals surface area contributed by atoms with Crippen molar-refractivity contribution >= 4 is 56.7 Å². The summed E-state index contributed by atoms with van der Waals surface area (Å²) in [7, 11) is 1.94. The number of ether oxygens (including phenoxy) is 1. The maximum atomic E-state index is 14.3. The first-order valence-corrected chi connectivity index (χ1v) is 14.8. The summed E-state index contributed by atoms with van der Waals surface area (Å²) >= 11 is 0. The van der Waals surface area contributed by atoms with Crippen LogP contribution in [0.5, 0.6) is 0 Å². The molecule has 0 saturated heterocycles. The number of aryl methyl sites for hydroxylation is 2. The molecule has 0 radical (unpaired) electrons. The number of nitrogens with one attached hydrogen (secondary N) is 1. The maximum absolute atomic E-state index is 14.3. The Morgan fingerprint density at radius 1 is 1.05 bits per heavy atom. The summed E-state index contributed by atoms with van der Waals surface area (Å²) in [6, 6.07) is 11.8. The quantitative estimate of drug-likeness (QED) is 0.264. The Bertz CT molecular complexity index is 1800. The molecule has 0 unspecified atom stereocenters. The largest absolute Gasteiger partial charge is 0.444 e. The van der Waals surface area contributed by atoms with Gasteiger partial charge in [0.2, 0.25) is 0 Å². The number of aromatic nitrogens is 2. The number of hydrogen-bond donors (Lipinski definition) is 1. The van der Waals surface area contributed by atoms with Crippen molar-refractivity contribution in [2.45, 2.75) is 72.4 Å². The van der Waals surface area contributed by atoms with Gasteiger partial charge in [-0.05, 0) is 76.1 Å². The van der Waals surface area contributed by atoms with E-state index < -0.39 is 11.7 Å². The van der Waals surface area contributed by atoms with Gasteiger partial charge in [-0.3, -0.25) is 14.9 Å². The summed E-state index contributed by atoms with van der Waals surface area (Å²) in [5.74, 6) is -0.406. The van der Waals surface area contributed by atoms with Gasteiger partial charge in [-0.2, -0.15) is 0 Å². The summed E-state index contributed by atoms with van der Waals surface area (Å²) in [6.45, 7) is 10.5. The van der Waals surface area contributed by atoms with E-state index in [4.69, 9.17) is 4.74 Å². The van der Waals surface area contributed by atoms with Gasteiger partial charge >= 0.3 is 6.09 Å². The van der Waals surface area contributed by atoms with Crippen molar-refractivity contribution in [3.63, 3.8) is 0 Å². The molecule has 6 rings (SSSR count). The highest BCUT2D eigenvalue weighted by Crippen LogP contribution is 2.45. The summed E-state index contributed by atoms with van der Waals surface area (Å²) < 4.78 is 9.81. The molecule has 1 N–H and O–H groups in total. The zero-order valence-corrected chi connectivity index (χ0v) is 25.2. The molecule has 0 spiro atoms. The lowest BCUT2D eigenvalue weighted by Crippen LogP contribution is -2.32. The van der Waals surface area contributed by atoms with E-state index in [0.29, 0.717) is 23.4 Å². The molecule has 8 nitrogen and oxygen atoms in total. The van der Waals surface area contributed by atoms with Crippen LogP contribution in [0.2, 0.25) is 0 Å². The van der Waals surface area contributed by atoms with E-state index in [0.717, 1.165) is 64.4 Å². The van der Waals surface area contributed by atoms with Crippen LogP contribution in [0.15, 0.2) is 48.7 Å². The van der Waals surface area contributed by atoms with Gasteiger partial charge in [0.25, 0.3) is 11.8 Å². The molecule has 0 atom stereocenters. The van der Waals surface area contributed by atoms with Gasteiger partial charge in [0.1, 0.15) is 5.60 Å². The number of carbonyl (C=O) groups is 3. The van der Waals surface area contributed by atoms with Gasteiger partial charge in [-0.1, -0.05) is 32.0 Å². The molecular weight excluding hydrogens is 528 g/mol. The third-order valence-corrected chi connectivity index (χ3v) is 8.04. The molecule has 0 aliphatic carbocycles. The average Bonchev–Trinajstić information content (AvgIpc) is 3.52. The number of para-hydroxylation sites is 1. The van der Waals surface area contributed by atoms with Crippen LogP contribution in [0, 0.1) is 5.92 Å². The van der Waals surface area contributed by atoms with Crippen molar-refractivity contribution in [1.29, 1.82) is 0 Å². The summed E-state index contributed by atoms with van der Waals surface area (Å²) in [4.78, 5) is 42.3. The Morgan fingerprint density at radius 3 is 2.55 bits per heavy atom. The SMILES string of the molecule is CC(C)Cc1c(NC(=O)OC(C)(C)C)ccc2c1c(N1C(=O)C=C(c3cn(C)c4ccccc34)C1=O)c1n2CCCC1. The molecule has 2 aliphatic rings. The minimum absolute atomic E-state index is 0.258. The van der Waals surface area contributed by atoms with Crippen LogP contribution in [0.3, 0.4) is 0 Å². The minimum Gasteiger partial charge on any atom is -0.444 e. The van der Waals surface area contributed by atoms with Gasteiger partial charge in [0, 0.05) is 59.1 Å². The van der Waals surface area contributed by atoms with Gasteiger partial charge < -0.3 is 13.9 Å². The summed E-state index contributed by atoms with van der Waals surface area (Å²) in [6.07, 6.45) is 6.28. The molecule has 2 aromatic heterocycles. The zero-order chi connectivity index (χ0) is 29.9. The predicted octanol–water partition coefficient (Wildman–Crippen LogP) is 6.97. The Morgan fingerprint density at radius 2 is 1.81 bits per heavy atom. The van der Waals surface area contributed by atoms with Gasteiger partial charge in [0.15, 0.2) is 0 Å². The highest BCUT2D eigenvalue weighted by molar-refractivity contribution is 6.45. The summed E-state index contributed by atoms with van der Waals surface area (Å²) in [5, 5.41) is 4.75. The lowest BCUT2D eigenvalue weighted by Gasteiger charge is -2.22. The first-order valence-electron chi connectivity index (χ1n) is 14.8. The number of carbonyl (C=O) groups excluding carboxylic acids is 3. The van der Waals surface area contributed by atoms with Crippen LogP contribution in [0.4, 0.5) is 16.2 Å². The van der Waals surface area contributed by atoms with E-state index in [-0.39, 0.29) is 17.7 Å². The van der Waals surface area contributed by atoms with Crippen molar-refractivity contribution in [3.8, 4) is 0 Å². The molecule has 4 heterocycles. The molecule has 42 heavy (non-hydrogen) atoms. The first kappa shape index (κ1) is 27.8. The number of fused-ring (bicyclic) bond motifs is 4.